The van der Waals surface area contributed by atoms with Gasteiger partial charge in [-0.15, -0.1) is 0 Å². The Balaban J connectivity index is 3.79. The summed E-state index contributed by atoms with van der Waals surface area (Å²) in [6.45, 7) is 14.1. The molecule has 0 aliphatic carbocycles. The van der Waals surface area contributed by atoms with E-state index in [4.69, 9.17) is 0 Å². The molecule has 0 heterocycles. The maximum atomic E-state index is 2.61. The van der Waals surface area contributed by atoms with Gasteiger partial charge in [-0.3, -0.25) is 0 Å². The van der Waals surface area contributed by atoms with E-state index in [1.807, 2.05) is 0 Å². The Morgan fingerprint density at radius 2 is 1.27 bits per heavy atom. The maximum absolute atomic E-state index is 2.61. The summed E-state index contributed by atoms with van der Waals surface area (Å²) >= 11 is 0. The van der Waals surface area contributed by atoms with Crippen LogP contribution >= 0.6 is 0 Å². The lowest BCUT2D eigenvalue weighted by molar-refractivity contribution is 0.209. The van der Waals surface area contributed by atoms with Crippen molar-refractivity contribution in [3.8, 4) is 0 Å². The summed E-state index contributed by atoms with van der Waals surface area (Å²) < 4.78 is 0. The summed E-state index contributed by atoms with van der Waals surface area (Å²) in [6, 6.07) is 0. The van der Waals surface area contributed by atoms with Crippen molar-refractivity contribution in [1.82, 2.24) is 9.80 Å². The fourth-order valence-electron chi connectivity index (χ4n) is 1.90. The van der Waals surface area contributed by atoms with Crippen LogP contribution in [0.2, 0.25) is 0 Å². The average molecular weight is 214 g/mol. The third-order valence-electron chi connectivity index (χ3n) is 2.33. The molecule has 0 aromatic carbocycles. The zero-order valence-electron chi connectivity index (χ0n) is 11.6. The Hall–Kier alpha value is -0.0800. The number of hydrogen-bond donors (Lipinski definition) is 0. The monoisotopic (exact) mass is 214 g/mol. The van der Waals surface area contributed by atoms with Gasteiger partial charge in [0.25, 0.3) is 0 Å². The van der Waals surface area contributed by atoms with Crippen LogP contribution in [0.3, 0.4) is 0 Å². The van der Waals surface area contributed by atoms with Gasteiger partial charge in [0.05, 0.1) is 0 Å². The van der Waals surface area contributed by atoms with Gasteiger partial charge in [-0.2, -0.15) is 0 Å². The quantitative estimate of drug-likeness (QED) is 0.613. The van der Waals surface area contributed by atoms with E-state index in [2.05, 4.69) is 51.6 Å². The van der Waals surface area contributed by atoms with E-state index in [9.17, 15) is 0 Å². The summed E-state index contributed by atoms with van der Waals surface area (Å²) in [5.41, 5.74) is 0. The topological polar surface area (TPSA) is 6.48 Å². The van der Waals surface area contributed by atoms with Crippen molar-refractivity contribution < 1.29 is 0 Å². The Morgan fingerprint density at radius 3 is 1.60 bits per heavy atom. The molecule has 0 aliphatic heterocycles. The van der Waals surface area contributed by atoms with Crippen molar-refractivity contribution in [3.63, 3.8) is 0 Å². The van der Waals surface area contributed by atoms with E-state index in [0.29, 0.717) is 0 Å². The molecule has 0 aliphatic rings. The van der Waals surface area contributed by atoms with Crippen LogP contribution in [0.25, 0.3) is 0 Å². The Morgan fingerprint density at radius 1 is 0.800 bits per heavy atom. The van der Waals surface area contributed by atoms with Gasteiger partial charge in [-0.1, -0.05) is 27.7 Å². The molecule has 0 atom stereocenters. The summed E-state index contributed by atoms with van der Waals surface area (Å²) in [5.74, 6) is 1.56. The van der Waals surface area contributed by atoms with Crippen molar-refractivity contribution in [3.05, 3.63) is 0 Å². The molecule has 0 fully saturated rings. The molecule has 0 unspecified atom stereocenters. The predicted octanol–water partition coefficient (Wildman–Crippen LogP) is 2.55. The molecule has 0 saturated heterocycles. The second-order valence-electron chi connectivity index (χ2n) is 5.70. The van der Waals surface area contributed by atoms with Gasteiger partial charge in [0, 0.05) is 13.1 Å². The fraction of sp³-hybridized carbons (Fsp3) is 1.00. The zero-order chi connectivity index (χ0) is 11.8. The second-order valence-corrected chi connectivity index (χ2v) is 5.70. The highest BCUT2D eigenvalue weighted by Crippen LogP contribution is 2.04. The molecule has 0 spiro atoms. The molecule has 2 nitrogen and oxygen atoms in total. The molecule has 15 heavy (non-hydrogen) atoms. The first kappa shape index (κ1) is 14.9. The smallest absolute Gasteiger partial charge is 0.000450 e. The second kappa shape index (κ2) is 8.12. The molecule has 0 radical (unpaired) electrons. The van der Waals surface area contributed by atoms with Gasteiger partial charge < -0.3 is 9.80 Å². The normalized spacial score (nSPS) is 12.4. The fourth-order valence-corrected chi connectivity index (χ4v) is 1.90. The molecule has 0 aromatic rings. The molecule has 2 heteroatoms. The van der Waals surface area contributed by atoms with Crippen LogP contribution in [0, 0.1) is 11.8 Å². The molecule has 0 bridgehead atoms. The Bertz CT molecular complexity index is 131. The van der Waals surface area contributed by atoms with Gasteiger partial charge in [0.1, 0.15) is 0 Å². The van der Waals surface area contributed by atoms with E-state index in [0.717, 1.165) is 11.8 Å². The molecule has 92 valence electrons. The number of hydrogen-bond acceptors (Lipinski definition) is 2. The minimum absolute atomic E-state index is 0.781. The highest BCUT2D eigenvalue weighted by Gasteiger charge is 2.08. The molecular formula is C13H30N2. The molecule has 0 saturated carbocycles. The van der Waals surface area contributed by atoms with Crippen molar-refractivity contribution in [1.29, 1.82) is 0 Å². The lowest BCUT2D eigenvalue weighted by atomic mass is 10.1. The number of nitrogens with zero attached hydrogens (tertiary/aromatic N) is 2. The van der Waals surface area contributed by atoms with E-state index in [1.54, 1.807) is 0 Å². The third kappa shape index (κ3) is 10.2. The minimum Gasteiger partial charge on any atom is -0.309 e. The lowest BCUT2D eigenvalue weighted by Crippen LogP contribution is -2.33. The first-order chi connectivity index (χ1) is 6.91. The summed E-state index contributed by atoms with van der Waals surface area (Å²) in [5, 5.41) is 0. The highest BCUT2D eigenvalue weighted by molar-refractivity contribution is 4.63. The zero-order valence-corrected chi connectivity index (χ0v) is 11.6. The average Bonchev–Trinajstić information content (AvgIpc) is 2.00. The van der Waals surface area contributed by atoms with Crippen LogP contribution in [-0.2, 0) is 0 Å². The van der Waals surface area contributed by atoms with E-state index >= 15 is 0 Å². The van der Waals surface area contributed by atoms with Gasteiger partial charge in [0.2, 0.25) is 0 Å². The van der Waals surface area contributed by atoms with Gasteiger partial charge in [-0.05, 0) is 45.4 Å². The SMILES string of the molecule is CC(C)CN(CCCN(C)C)CC(C)C. The Kier molecular flexibility index (Phi) is 8.07. The molecule has 0 amide bonds. The van der Waals surface area contributed by atoms with E-state index in [1.165, 1.54) is 32.6 Å². The molecular weight excluding hydrogens is 184 g/mol. The maximum Gasteiger partial charge on any atom is 0.000450 e. The van der Waals surface area contributed by atoms with Crippen LogP contribution in [0.4, 0.5) is 0 Å². The molecule has 0 rings (SSSR count). The predicted molar refractivity (Wildman–Crippen MR) is 69.3 cm³/mol. The summed E-state index contributed by atoms with van der Waals surface area (Å²) in [7, 11) is 4.30. The lowest BCUT2D eigenvalue weighted by Gasteiger charge is -2.26. The minimum atomic E-state index is 0.781. The van der Waals surface area contributed by atoms with E-state index in [-0.39, 0.29) is 0 Å². The summed E-state index contributed by atoms with van der Waals surface area (Å²) in [6.07, 6.45) is 1.28. The van der Waals surface area contributed by atoms with Gasteiger partial charge >= 0.3 is 0 Å². The van der Waals surface area contributed by atoms with Gasteiger partial charge in [0.15, 0.2) is 0 Å². The van der Waals surface area contributed by atoms with Crippen molar-refractivity contribution in [2.24, 2.45) is 11.8 Å². The Labute approximate surface area is 96.6 Å². The third-order valence-corrected chi connectivity index (χ3v) is 2.33. The van der Waals surface area contributed by atoms with Crippen molar-refractivity contribution >= 4 is 0 Å². The van der Waals surface area contributed by atoms with Crippen LogP contribution in [-0.4, -0.2) is 50.1 Å². The van der Waals surface area contributed by atoms with Crippen molar-refractivity contribution in [2.45, 2.75) is 34.1 Å². The van der Waals surface area contributed by atoms with Crippen LogP contribution in [0.5, 0.6) is 0 Å². The molecule has 0 N–H and O–H groups in total. The number of rotatable bonds is 8. The van der Waals surface area contributed by atoms with Crippen LogP contribution in [0.1, 0.15) is 34.1 Å². The van der Waals surface area contributed by atoms with Crippen LogP contribution < -0.4 is 0 Å². The standard InChI is InChI=1S/C13H30N2/c1-12(2)10-15(11-13(3)4)9-7-8-14(5)6/h12-13H,7-11H2,1-6H3. The van der Waals surface area contributed by atoms with Crippen LogP contribution in [0.15, 0.2) is 0 Å². The first-order valence-electron chi connectivity index (χ1n) is 6.29. The first-order valence-corrected chi connectivity index (χ1v) is 6.29. The van der Waals surface area contributed by atoms with Gasteiger partial charge in [-0.25, -0.2) is 0 Å². The van der Waals surface area contributed by atoms with Crippen molar-refractivity contribution in [2.75, 3.05) is 40.3 Å². The molecule has 0 aromatic heterocycles. The largest absolute Gasteiger partial charge is 0.309 e. The highest BCUT2D eigenvalue weighted by atomic mass is 15.1. The van der Waals surface area contributed by atoms with E-state index < -0.39 is 0 Å². The summed E-state index contributed by atoms with van der Waals surface area (Å²) in [4.78, 5) is 4.88.